The smallest absolute Gasteiger partial charge is 0.257 e. The van der Waals surface area contributed by atoms with Crippen LogP contribution in [-0.2, 0) is 4.79 Å². The van der Waals surface area contributed by atoms with Crippen LogP contribution in [0.2, 0.25) is 0 Å². The van der Waals surface area contributed by atoms with E-state index in [1.807, 2.05) is 12.1 Å². The van der Waals surface area contributed by atoms with Gasteiger partial charge in [0.2, 0.25) is 11.8 Å². The quantitative estimate of drug-likeness (QED) is 0.582. The maximum Gasteiger partial charge on any atom is 0.257 e. The number of nitrogens with one attached hydrogen (secondary N) is 2. The van der Waals surface area contributed by atoms with Gasteiger partial charge in [-0.25, -0.2) is 9.37 Å². The largest absolute Gasteiger partial charge is 0.439 e. The van der Waals surface area contributed by atoms with Gasteiger partial charge in [-0.3, -0.25) is 9.59 Å². The topological polar surface area (TPSA) is 80.3 Å². The molecular formula is C20H15BrFN3O3. The van der Waals surface area contributed by atoms with Crippen LogP contribution in [0.1, 0.15) is 17.3 Å². The van der Waals surface area contributed by atoms with Crippen LogP contribution >= 0.6 is 15.9 Å². The number of hydrogen-bond donors (Lipinski definition) is 2. The highest BCUT2D eigenvalue weighted by Crippen LogP contribution is 2.23. The van der Waals surface area contributed by atoms with Crippen molar-refractivity contribution in [2.45, 2.75) is 6.92 Å². The van der Waals surface area contributed by atoms with Crippen LogP contribution in [0, 0.1) is 5.82 Å². The van der Waals surface area contributed by atoms with Crippen molar-refractivity contribution >= 4 is 39.1 Å². The van der Waals surface area contributed by atoms with Crippen molar-refractivity contribution in [3.63, 3.8) is 0 Å². The van der Waals surface area contributed by atoms with E-state index >= 15 is 0 Å². The predicted octanol–water partition coefficient (Wildman–Crippen LogP) is 4.99. The number of pyridine rings is 1. The lowest BCUT2D eigenvalue weighted by atomic mass is 10.2. The number of halogens is 2. The normalized spacial score (nSPS) is 10.2. The Morgan fingerprint density at radius 3 is 2.43 bits per heavy atom. The first-order chi connectivity index (χ1) is 13.4. The molecule has 6 nitrogen and oxygen atoms in total. The molecule has 8 heteroatoms. The highest BCUT2D eigenvalue weighted by atomic mass is 79.9. The Bertz CT molecular complexity index is 1010. The minimum Gasteiger partial charge on any atom is -0.439 e. The summed E-state index contributed by atoms with van der Waals surface area (Å²) in [5.41, 5.74) is 0.626. The minimum atomic E-state index is -0.593. The fourth-order valence-electron chi connectivity index (χ4n) is 2.29. The fraction of sp³-hybridized carbons (Fsp3) is 0.0500. The van der Waals surface area contributed by atoms with Crippen molar-refractivity contribution < 1.29 is 18.7 Å². The number of carbonyl (C=O) groups is 2. The summed E-state index contributed by atoms with van der Waals surface area (Å²) in [7, 11) is 0. The molecule has 2 N–H and O–H groups in total. The Morgan fingerprint density at radius 2 is 1.79 bits per heavy atom. The van der Waals surface area contributed by atoms with Crippen LogP contribution in [0.3, 0.4) is 0 Å². The second-order valence-electron chi connectivity index (χ2n) is 5.77. The van der Waals surface area contributed by atoms with Gasteiger partial charge in [-0.2, -0.15) is 0 Å². The molecule has 2 aromatic carbocycles. The Morgan fingerprint density at radius 1 is 1.04 bits per heavy atom. The first kappa shape index (κ1) is 19.5. The van der Waals surface area contributed by atoms with Crippen LogP contribution in [0.4, 0.5) is 15.8 Å². The molecule has 1 aromatic heterocycles. The van der Waals surface area contributed by atoms with Crippen LogP contribution in [0.15, 0.2) is 65.3 Å². The number of anilines is 2. The van der Waals surface area contributed by atoms with Gasteiger partial charge in [-0.05, 0) is 48.5 Å². The van der Waals surface area contributed by atoms with E-state index in [0.29, 0.717) is 22.9 Å². The van der Waals surface area contributed by atoms with Crippen molar-refractivity contribution in [2.75, 3.05) is 10.6 Å². The molecule has 0 unspecified atom stereocenters. The summed E-state index contributed by atoms with van der Waals surface area (Å²) in [5.74, 6) is -0.473. The van der Waals surface area contributed by atoms with Gasteiger partial charge in [-0.15, -0.1) is 0 Å². The van der Waals surface area contributed by atoms with Gasteiger partial charge in [0.1, 0.15) is 11.6 Å². The maximum atomic E-state index is 13.7. The van der Waals surface area contributed by atoms with E-state index in [1.54, 1.807) is 24.3 Å². The van der Waals surface area contributed by atoms with Crippen molar-refractivity contribution in [1.82, 2.24) is 4.98 Å². The molecule has 0 radical (unpaired) electrons. The number of carbonyl (C=O) groups excluding carboxylic acids is 2. The lowest BCUT2D eigenvalue weighted by Gasteiger charge is -2.09. The molecule has 0 spiro atoms. The first-order valence-electron chi connectivity index (χ1n) is 8.19. The van der Waals surface area contributed by atoms with Crippen molar-refractivity contribution in [3.05, 3.63) is 76.6 Å². The molecule has 142 valence electrons. The van der Waals surface area contributed by atoms with E-state index in [-0.39, 0.29) is 5.69 Å². The number of rotatable bonds is 5. The summed E-state index contributed by atoms with van der Waals surface area (Å²) < 4.78 is 20.2. The van der Waals surface area contributed by atoms with Crippen LogP contribution < -0.4 is 15.4 Å². The third-order valence-electron chi connectivity index (χ3n) is 3.57. The molecule has 0 fully saturated rings. The van der Waals surface area contributed by atoms with Crippen molar-refractivity contribution in [2.24, 2.45) is 0 Å². The third kappa shape index (κ3) is 5.14. The van der Waals surface area contributed by atoms with Crippen LogP contribution in [0.25, 0.3) is 0 Å². The van der Waals surface area contributed by atoms with Gasteiger partial charge in [0, 0.05) is 29.3 Å². The zero-order chi connectivity index (χ0) is 20.1. The summed E-state index contributed by atoms with van der Waals surface area (Å²) in [6.45, 7) is 1.27. The number of hydrogen-bond acceptors (Lipinski definition) is 4. The highest BCUT2D eigenvalue weighted by molar-refractivity contribution is 9.10. The first-order valence-corrected chi connectivity index (χ1v) is 8.98. The van der Waals surface area contributed by atoms with Crippen molar-refractivity contribution in [3.8, 4) is 11.6 Å². The van der Waals surface area contributed by atoms with Gasteiger partial charge in [0.25, 0.3) is 5.91 Å². The van der Waals surface area contributed by atoms with E-state index in [2.05, 4.69) is 31.5 Å². The Balaban J connectivity index is 1.67. The molecule has 2 amide bonds. The minimum absolute atomic E-state index is 0.0123. The molecule has 0 aliphatic heterocycles. The number of ether oxygens (including phenoxy) is 1. The van der Waals surface area contributed by atoms with E-state index in [9.17, 15) is 14.0 Å². The predicted molar refractivity (Wildman–Crippen MR) is 107 cm³/mol. The molecule has 0 saturated heterocycles. The second kappa shape index (κ2) is 8.62. The SMILES string of the molecule is CC(=O)Nc1cc(NC(=O)c2ccc(Oc3ccc(Br)cc3)nc2)ccc1F. The molecule has 1 heterocycles. The summed E-state index contributed by atoms with van der Waals surface area (Å²) in [5, 5.41) is 5.00. The van der Waals surface area contributed by atoms with Gasteiger partial charge in [-0.1, -0.05) is 15.9 Å². The number of benzene rings is 2. The van der Waals surface area contributed by atoms with Crippen molar-refractivity contribution in [1.29, 1.82) is 0 Å². The molecule has 3 aromatic rings. The van der Waals surface area contributed by atoms with Gasteiger partial charge < -0.3 is 15.4 Å². The Labute approximate surface area is 168 Å². The molecule has 0 bridgehead atoms. The highest BCUT2D eigenvalue weighted by Gasteiger charge is 2.10. The van der Waals surface area contributed by atoms with Gasteiger partial charge in [0.05, 0.1) is 11.3 Å². The summed E-state index contributed by atoms with van der Waals surface area (Å²) in [6, 6.07) is 14.3. The molecule has 0 saturated carbocycles. The number of amides is 2. The summed E-state index contributed by atoms with van der Waals surface area (Å²) in [4.78, 5) is 27.6. The Kier molecular flexibility index (Phi) is 6.00. The van der Waals surface area contributed by atoms with E-state index < -0.39 is 17.6 Å². The average molecular weight is 444 g/mol. The maximum absolute atomic E-state index is 13.7. The summed E-state index contributed by atoms with van der Waals surface area (Å²) >= 11 is 3.35. The lowest BCUT2D eigenvalue weighted by molar-refractivity contribution is -0.114. The summed E-state index contributed by atoms with van der Waals surface area (Å²) in [6.07, 6.45) is 1.38. The monoisotopic (exact) mass is 443 g/mol. The molecule has 0 aliphatic rings. The van der Waals surface area contributed by atoms with E-state index in [4.69, 9.17) is 4.74 Å². The zero-order valence-corrected chi connectivity index (χ0v) is 16.3. The van der Waals surface area contributed by atoms with Crippen LogP contribution in [-0.4, -0.2) is 16.8 Å². The number of nitrogens with zero attached hydrogens (tertiary/aromatic N) is 1. The molecule has 28 heavy (non-hydrogen) atoms. The lowest BCUT2D eigenvalue weighted by Crippen LogP contribution is -2.13. The van der Waals surface area contributed by atoms with E-state index in [1.165, 1.54) is 25.3 Å². The molecule has 0 atom stereocenters. The molecular weight excluding hydrogens is 429 g/mol. The fourth-order valence-corrected chi connectivity index (χ4v) is 2.55. The standard InChI is InChI=1S/C20H15BrFN3O3/c1-12(26)24-18-10-15(5-8-17(18)22)25-20(27)13-2-9-19(23-11-13)28-16-6-3-14(21)4-7-16/h2-11H,1H3,(H,24,26)(H,25,27). The van der Waals surface area contributed by atoms with Crippen LogP contribution in [0.5, 0.6) is 11.6 Å². The molecule has 0 aliphatic carbocycles. The second-order valence-corrected chi connectivity index (χ2v) is 6.69. The van der Waals surface area contributed by atoms with Gasteiger partial charge in [0.15, 0.2) is 0 Å². The zero-order valence-electron chi connectivity index (χ0n) is 14.7. The van der Waals surface area contributed by atoms with Gasteiger partial charge >= 0.3 is 0 Å². The number of aromatic nitrogens is 1. The average Bonchev–Trinajstić information content (AvgIpc) is 2.66. The van der Waals surface area contributed by atoms with E-state index in [0.717, 1.165) is 10.5 Å². The Hall–Kier alpha value is -3.26. The molecule has 3 rings (SSSR count). The third-order valence-corrected chi connectivity index (χ3v) is 4.10.